The van der Waals surface area contributed by atoms with Gasteiger partial charge in [0.15, 0.2) is 5.43 Å². The molecule has 6 heteroatoms. The summed E-state index contributed by atoms with van der Waals surface area (Å²) in [5, 5.41) is 0.877. The number of halogens is 1. The number of hydrogen-bond acceptors (Lipinski definition) is 4. The van der Waals surface area contributed by atoms with Crippen LogP contribution < -0.4 is 10.2 Å². The molecule has 4 aromatic rings. The van der Waals surface area contributed by atoms with E-state index in [1.165, 1.54) is 0 Å². The van der Waals surface area contributed by atoms with Crippen molar-refractivity contribution in [2.45, 2.75) is 19.4 Å². The topological polar surface area (TPSA) is 59.8 Å². The molecule has 0 spiro atoms. The minimum Gasteiger partial charge on any atom is -0.497 e. The van der Waals surface area contributed by atoms with Gasteiger partial charge in [0, 0.05) is 11.6 Å². The van der Waals surface area contributed by atoms with Gasteiger partial charge in [0.2, 0.25) is 5.76 Å². The summed E-state index contributed by atoms with van der Waals surface area (Å²) in [5.41, 5.74) is 3.24. The number of hydrogen-bond donors (Lipinski definition) is 0. The average Bonchev–Trinajstić information content (AvgIpc) is 3.12. The van der Waals surface area contributed by atoms with Crippen LogP contribution in [-0.2, 0) is 6.42 Å². The molecule has 5 rings (SSSR count). The lowest BCUT2D eigenvalue weighted by atomic mass is 9.98. The molecule has 1 aromatic heterocycles. The van der Waals surface area contributed by atoms with E-state index < -0.39 is 6.04 Å². The van der Waals surface area contributed by atoms with Crippen LogP contribution in [0.25, 0.3) is 11.0 Å². The molecule has 0 radical (unpaired) electrons. The van der Waals surface area contributed by atoms with Crippen LogP contribution in [0.3, 0.4) is 0 Å². The lowest BCUT2D eigenvalue weighted by Crippen LogP contribution is -2.31. The molecule has 1 aliphatic heterocycles. The van der Waals surface area contributed by atoms with Gasteiger partial charge in [-0.05, 0) is 54.3 Å². The van der Waals surface area contributed by atoms with Gasteiger partial charge in [-0.1, -0.05) is 54.1 Å². The van der Waals surface area contributed by atoms with Gasteiger partial charge in [0.25, 0.3) is 5.91 Å². The van der Waals surface area contributed by atoms with Crippen LogP contribution in [0, 0.1) is 6.92 Å². The molecule has 0 saturated carbocycles. The second-order valence-electron chi connectivity index (χ2n) is 8.18. The zero-order valence-corrected chi connectivity index (χ0v) is 19.1. The summed E-state index contributed by atoms with van der Waals surface area (Å²) in [6.07, 6.45) is 0.631. The van der Waals surface area contributed by atoms with Crippen LogP contribution >= 0.6 is 11.6 Å². The molecule has 0 N–H and O–H groups in total. The Labute approximate surface area is 196 Å². The number of amides is 1. The van der Waals surface area contributed by atoms with Crippen LogP contribution in [0.2, 0.25) is 5.02 Å². The second kappa shape index (κ2) is 8.41. The van der Waals surface area contributed by atoms with Crippen molar-refractivity contribution in [1.82, 2.24) is 4.90 Å². The number of carbonyl (C=O) groups is 1. The third kappa shape index (κ3) is 3.68. The predicted molar refractivity (Wildman–Crippen MR) is 128 cm³/mol. The zero-order chi connectivity index (χ0) is 23.1. The van der Waals surface area contributed by atoms with Gasteiger partial charge >= 0.3 is 0 Å². The highest BCUT2D eigenvalue weighted by Gasteiger charge is 2.42. The molecular formula is C27H22ClNO4. The fourth-order valence-corrected chi connectivity index (χ4v) is 4.56. The quantitative estimate of drug-likeness (QED) is 0.392. The molecule has 1 aliphatic rings. The Morgan fingerprint density at radius 1 is 1.03 bits per heavy atom. The molecule has 3 aromatic carbocycles. The number of ether oxygens (including phenoxy) is 1. The summed E-state index contributed by atoms with van der Waals surface area (Å²) in [6.45, 7) is 2.27. The number of aryl methyl sites for hydroxylation is 1. The molecule has 33 heavy (non-hydrogen) atoms. The van der Waals surface area contributed by atoms with E-state index in [9.17, 15) is 9.59 Å². The van der Waals surface area contributed by atoms with E-state index in [4.69, 9.17) is 20.8 Å². The third-order valence-corrected chi connectivity index (χ3v) is 6.57. The number of nitrogens with zero attached hydrogens (tertiary/aromatic N) is 1. The van der Waals surface area contributed by atoms with Crippen LogP contribution in [-0.4, -0.2) is 24.5 Å². The fraction of sp³-hybridized carbons (Fsp3) is 0.185. The number of rotatable bonds is 5. The molecule has 5 nitrogen and oxygen atoms in total. The van der Waals surface area contributed by atoms with Crippen molar-refractivity contribution in [2.75, 3.05) is 13.7 Å². The van der Waals surface area contributed by atoms with Crippen molar-refractivity contribution in [3.05, 3.63) is 110 Å². The maximum absolute atomic E-state index is 13.6. The first-order valence-electron chi connectivity index (χ1n) is 10.7. The van der Waals surface area contributed by atoms with Crippen molar-refractivity contribution < 1.29 is 13.9 Å². The van der Waals surface area contributed by atoms with Gasteiger partial charge in [0.1, 0.15) is 11.3 Å². The molecule has 0 unspecified atom stereocenters. The Morgan fingerprint density at radius 3 is 2.45 bits per heavy atom. The SMILES string of the molecule is COc1ccc(CCN2C(=O)c3oc4cc(C)c(Cl)cc4c(=O)c3[C@H]2c2ccccc2)cc1. The lowest BCUT2D eigenvalue weighted by molar-refractivity contribution is 0.0730. The Morgan fingerprint density at radius 2 is 1.76 bits per heavy atom. The fourth-order valence-electron chi connectivity index (χ4n) is 4.40. The molecule has 0 fully saturated rings. The van der Waals surface area contributed by atoms with Crippen molar-refractivity contribution in [1.29, 1.82) is 0 Å². The Balaban J connectivity index is 1.60. The van der Waals surface area contributed by atoms with Crippen LogP contribution in [0.4, 0.5) is 0 Å². The molecule has 1 amide bonds. The number of benzene rings is 3. The maximum Gasteiger partial charge on any atom is 0.290 e. The normalized spacial score (nSPS) is 15.2. The smallest absolute Gasteiger partial charge is 0.290 e. The van der Waals surface area contributed by atoms with E-state index in [0.717, 1.165) is 22.4 Å². The van der Waals surface area contributed by atoms with Crippen molar-refractivity contribution >= 4 is 28.5 Å². The molecule has 0 aliphatic carbocycles. The molecule has 166 valence electrons. The average molecular weight is 460 g/mol. The molecule has 0 bridgehead atoms. The summed E-state index contributed by atoms with van der Waals surface area (Å²) >= 11 is 6.29. The van der Waals surface area contributed by atoms with Crippen LogP contribution in [0.5, 0.6) is 5.75 Å². The minimum atomic E-state index is -0.521. The van der Waals surface area contributed by atoms with Crippen molar-refractivity contribution in [3.8, 4) is 5.75 Å². The summed E-state index contributed by atoms with van der Waals surface area (Å²) in [4.78, 5) is 28.8. The van der Waals surface area contributed by atoms with Gasteiger partial charge in [0.05, 0.1) is 24.1 Å². The first-order chi connectivity index (χ1) is 16.0. The molecular weight excluding hydrogens is 438 g/mol. The highest BCUT2D eigenvalue weighted by atomic mass is 35.5. The Hall–Kier alpha value is -3.57. The van der Waals surface area contributed by atoms with Crippen LogP contribution in [0.1, 0.15) is 38.9 Å². The monoisotopic (exact) mass is 459 g/mol. The number of methoxy groups -OCH3 is 1. The van der Waals surface area contributed by atoms with Crippen LogP contribution in [0.15, 0.2) is 75.9 Å². The van der Waals surface area contributed by atoms with Gasteiger partial charge < -0.3 is 14.1 Å². The van der Waals surface area contributed by atoms with Gasteiger partial charge in [-0.15, -0.1) is 0 Å². The van der Waals surface area contributed by atoms with E-state index >= 15 is 0 Å². The Kier molecular flexibility index (Phi) is 5.43. The van der Waals surface area contributed by atoms with Crippen molar-refractivity contribution in [3.63, 3.8) is 0 Å². The highest BCUT2D eigenvalue weighted by Crippen LogP contribution is 2.38. The second-order valence-corrected chi connectivity index (χ2v) is 8.59. The first-order valence-corrected chi connectivity index (χ1v) is 11.1. The number of fused-ring (bicyclic) bond motifs is 2. The largest absolute Gasteiger partial charge is 0.497 e. The Bertz CT molecular complexity index is 1410. The van der Waals surface area contributed by atoms with E-state index in [1.54, 1.807) is 24.1 Å². The standard InChI is InChI=1S/C27H22ClNO4/c1-16-14-22-20(15-21(16)28)25(30)23-24(18-6-4-3-5-7-18)29(27(31)26(23)33-22)13-12-17-8-10-19(32-2)11-9-17/h3-11,14-15,24H,12-13H2,1-2H3/t24-/m1/s1. The highest BCUT2D eigenvalue weighted by molar-refractivity contribution is 6.32. The third-order valence-electron chi connectivity index (χ3n) is 6.16. The molecule has 1 atom stereocenters. The van der Waals surface area contributed by atoms with E-state index in [1.807, 2.05) is 61.5 Å². The predicted octanol–water partition coefficient (Wildman–Crippen LogP) is 5.55. The van der Waals surface area contributed by atoms with E-state index in [0.29, 0.717) is 34.5 Å². The van der Waals surface area contributed by atoms with Gasteiger partial charge in [-0.25, -0.2) is 0 Å². The maximum atomic E-state index is 13.6. The zero-order valence-electron chi connectivity index (χ0n) is 18.3. The minimum absolute atomic E-state index is 0.109. The van der Waals surface area contributed by atoms with E-state index in [2.05, 4.69) is 0 Å². The molecule has 2 heterocycles. The summed E-state index contributed by atoms with van der Waals surface area (Å²) in [7, 11) is 1.63. The number of carbonyl (C=O) groups excluding carboxylic acids is 1. The van der Waals surface area contributed by atoms with Gasteiger partial charge in [-0.3, -0.25) is 9.59 Å². The summed E-state index contributed by atoms with van der Waals surface area (Å²) in [5.74, 6) is 0.609. The molecule has 0 saturated heterocycles. The lowest BCUT2D eigenvalue weighted by Gasteiger charge is -2.25. The summed E-state index contributed by atoms with van der Waals surface area (Å²) in [6, 6.07) is 20.2. The van der Waals surface area contributed by atoms with E-state index in [-0.39, 0.29) is 17.1 Å². The van der Waals surface area contributed by atoms with Crippen molar-refractivity contribution in [2.24, 2.45) is 0 Å². The summed E-state index contributed by atoms with van der Waals surface area (Å²) < 4.78 is 11.3. The van der Waals surface area contributed by atoms with Gasteiger partial charge in [-0.2, -0.15) is 0 Å². The first kappa shape index (κ1) is 21.3.